The summed E-state index contributed by atoms with van der Waals surface area (Å²) in [5.74, 6) is 0.483. The van der Waals surface area contributed by atoms with Crippen molar-refractivity contribution in [3.63, 3.8) is 0 Å². The van der Waals surface area contributed by atoms with Gasteiger partial charge in [-0.3, -0.25) is 4.79 Å². The molecule has 3 rings (SSSR count). The smallest absolute Gasteiger partial charge is 0.230 e. The summed E-state index contributed by atoms with van der Waals surface area (Å²) in [7, 11) is 0. The van der Waals surface area contributed by atoms with Crippen LogP contribution in [0.1, 0.15) is 31.2 Å². The fourth-order valence-corrected chi connectivity index (χ4v) is 3.06. The first-order chi connectivity index (χ1) is 10.3. The summed E-state index contributed by atoms with van der Waals surface area (Å²) in [5.41, 5.74) is 2.17. The second kappa shape index (κ2) is 6.57. The Morgan fingerprint density at radius 3 is 2.10 bits per heavy atom. The van der Waals surface area contributed by atoms with Gasteiger partial charge < -0.3 is 4.90 Å². The van der Waals surface area contributed by atoms with Gasteiger partial charge in [0.25, 0.3) is 0 Å². The number of hydrogen-bond acceptors (Lipinski definition) is 1. The van der Waals surface area contributed by atoms with E-state index in [-0.39, 0.29) is 11.8 Å². The monoisotopic (exact) mass is 279 g/mol. The lowest BCUT2D eigenvalue weighted by Crippen LogP contribution is -2.34. The Hall–Kier alpha value is -2.09. The molecular weight excluding hydrogens is 258 g/mol. The van der Waals surface area contributed by atoms with Crippen LogP contribution in [-0.2, 0) is 11.3 Å². The maximum Gasteiger partial charge on any atom is 0.230 e. The maximum atomic E-state index is 12.9. The molecule has 2 aromatic rings. The Kier molecular flexibility index (Phi) is 4.34. The molecule has 0 unspecified atom stereocenters. The van der Waals surface area contributed by atoms with Crippen molar-refractivity contribution < 1.29 is 4.79 Å². The molecule has 1 fully saturated rings. The Morgan fingerprint density at radius 1 is 0.905 bits per heavy atom. The molecule has 2 heteroatoms. The van der Waals surface area contributed by atoms with Crippen LogP contribution in [0.3, 0.4) is 0 Å². The summed E-state index contributed by atoms with van der Waals surface area (Å²) >= 11 is 0. The third-order valence-corrected chi connectivity index (χ3v) is 4.22. The molecule has 1 aliphatic carbocycles. The Morgan fingerprint density at radius 2 is 1.48 bits per heavy atom. The molecule has 21 heavy (non-hydrogen) atoms. The molecule has 0 bridgehead atoms. The zero-order valence-electron chi connectivity index (χ0n) is 12.2. The minimum Gasteiger partial charge on any atom is -0.308 e. The number of benzene rings is 2. The number of amides is 1. The lowest BCUT2D eigenvalue weighted by Gasteiger charge is -2.26. The summed E-state index contributed by atoms with van der Waals surface area (Å²) in [6.07, 6.45) is 4.45. The first-order valence-corrected chi connectivity index (χ1v) is 7.75. The molecule has 0 aromatic heterocycles. The van der Waals surface area contributed by atoms with E-state index in [9.17, 15) is 4.79 Å². The van der Waals surface area contributed by atoms with Gasteiger partial charge in [0.2, 0.25) is 5.91 Å². The first kappa shape index (κ1) is 13.9. The summed E-state index contributed by atoms with van der Waals surface area (Å²) in [6, 6.07) is 20.3. The highest BCUT2D eigenvalue weighted by Gasteiger charge is 2.28. The van der Waals surface area contributed by atoms with Crippen LogP contribution < -0.4 is 4.90 Å². The van der Waals surface area contributed by atoms with Crippen LogP contribution in [0.25, 0.3) is 0 Å². The van der Waals surface area contributed by atoms with Crippen LogP contribution in [0, 0.1) is 5.92 Å². The van der Waals surface area contributed by atoms with Crippen LogP contribution in [-0.4, -0.2) is 5.91 Å². The number of anilines is 1. The number of hydrogen-bond donors (Lipinski definition) is 0. The molecule has 0 atom stereocenters. The highest BCUT2D eigenvalue weighted by atomic mass is 16.2. The molecule has 0 aliphatic heterocycles. The summed E-state index contributed by atoms with van der Waals surface area (Å²) in [5, 5.41) is 0. The van der Waals surface area contributed by atoms with Crippen molar-refractivity contribution in [2.45, 2.75) is 32.2 Å². The number of nitrogens with zero attached hydrogens (tertiary/aromatic N) is 1. The van der Waals surface area contributed by atoms with E-state index < -0.39 is 0 Å². The normalized spacial score (nSPS) is 15.0. The molecular formula is C19H21NO. The van der Waals surface area contributed by atoms with Crippen molar-refractivity contribution in [1.82, 2.24) is 0 Å². The van der Waals surface area contributed by atoms with Crippen molar-refractivity contribution in [1.29, 1.82) is 0 Å². The number of para-hydroxylation sites is 1. The SMILES string of the molecule is O=C(C1CCCC1)N(Cc1ccccc1)c1ccccc1. The molecule has 1 aliphatic rings. The highest BCUT2D eigenvalue weighted by molar-refractivity contribution is 5.95. The zero-order chi connectivity index (χ0) is 14.5. The molecule has 1 saturated carbocycles. The lowest BCUT2D eigenvalue weighted by atomic mass is 10.1. The van der Waals surface area contributed by atoms with Gasteiger partial charge in [-0.05, 0) is 30.5 Å². The third kappa shape index (κ3) is 3.33. The van der Waals surface area contributed by atoms with Gasteiger partial charge in [0.15, 0.2) is 0 Å². The standard InChI is InChI=1S/C19H21NO/c21-19(17-11-7-8-12-17)20(18-13-5-2-6-14-18)15-16-9-3-1-4-10-16/h1-6,9-10,13-14,17H,7-8,11-12,15H2. The van der Waals surface area contributed by atoms with E-state index in [0.717, 1.165) is 18.5 Å². The van der Waals surface area contributed by atoms with Gasteiger partial charge >= 0.3 is 0 Å². The van der Waals surface area contributed by atoms with Crippen molar-refractivity contribution in [3.05, 3.63) is 66.2 Å². The summed E-state index contributed by atoms with van der Waals surface area (Å²) in [4.78, 5) is 14.8. The topological polar surface area (TPSA) is 20.3 Å². The number of carbonyl (C=O) groups is 1. The third-order valence-electron chi connectivity index (χ3n) is 4.22. The minimum atomic E-state index is 0.203. The molecule has 0 spiro atoms. The number of rotatable bonds is 4. The highest BCUT2D eigenvalue weighted by Crippen LogP contribution is 2.29. The predicted octanol–water partition coefficient (Wildman–Crippen LogP) is 4.41. The van der Waals surface area contributed by atoms with E-state index in [0.29, 0.717) is 6.54 Å². The molecule has 1 amide bonds. The molecule has 2 nitrogen and oxygen atoms in total. The molecule has 108 valence electrons. The van der Waals surface area contributed by atoms with Gasteiger partial charge in [0, 0.05) is 11.6 Å². The van der Waals surface area contributed by atoms with Crippen LogP contribution in [0.4, 0.5) is 5.69 Å². The second-order valence-corrected chi connectivity index (χ2v) is 5.73. The summed E-state index contributed by atoms with van der Waals surface area (Å²) in [6.45, 7) is 0.653. The van der Waals surface area contributed by atoms with Gasteiger partial charge in [0.05, 0.1) is 6.54 Å². The Labute approximate surface area is 126 Å². The van der Waals surface area contributed by atoms with Crippen molar-refractivity contribution in [2.75, 3.05) is 4.90 Å². The van der Waals surface area contributed by atoms with E-state index in [1.165, 1.54) is 18.4 Å². The van der Waals surface area contributed by atoms with Gasteiger partial charge in [-0.15, -0.1) is 0 Å². The van der Waals surface area contributed by atoms with E-state index in [1.807, 2.05) is 53.4 Å². The van der Waals surface area contributed by atoms with Crippen LogP contribution in [0.15, 0.2) is 60.7 Å². The van der Waals surface area contributed by atoms with Crippen LogP contribution >= 0.6 is 0 Å². The molecule has 0 radical (unpaired) electrons. The van der Waals surface area contributed by atoms with Crippen molar-refractivity contribution in [3.8, 4) is 0 Å². The number of carbonyl (C=O) groups excluding carboxylic acids is 1. The van der Waals surface area contributed by atoms with Gasteiger partial charge in [0.1, 0.15) is 0 Å². The van der Waals surface area contributed by atoms with Gasteiger partial charge in [-0.2, -0.15) is 0 Å². The zero-order valence-corrected chi connectivity index (χ0v) is 12.2. The first-order valence-electron chi connectivity index (χ1n) is 7.75. The predicted molar refractivity (Wildman–Crippen MR) is 86.0 cm³/mol. The largest absolute Gasteiger partial charge is 0.308 e. The molecule has 0 heterocycles. The van der Waals surface area contributed by atoms with E-state index >= 15 is 0 Å². The minimum absolute atomic E-state index is 0.203. The van der Waals surface area contributed by atoms with Gasteiger partial charge in [-0.25, -0.2) is 0 Å². The maximum absolute atomic E-state index is 12.9. The van der Waals surface area contributed by atoms with Crippen molar-refractivity contribution in [2.24, 2.45) is 5.92 Å². The average Bonchev–Trinajstić information content (AvgIpc) is 3.08. The van der Waals surface area contributed by atoms with E-state index in [4.69, 9.17) is 0 Å². The van der Waals surface area contributed by atoms with E-state index in [1.54, 1.807) is 0 Å². The molecule has 2 aromatic carbocycles. The average molecular weight is 279 g/mol. The summed E-state index contributed by atoms with van der Waals surface area (Å²) < 4.78 is 0. The second-order valence-electron chi connectivity index (χ2n) is 5.73. The van der Waals surface area contributed by atoms with Gasteiger partial charge in [-0.1, -0.05) is 61.4 Å². The molecule has 0 saturated heterocycles. The Balaban J connectivity index is 1.85. The molecule has 0 N–H and O–H groups in total. The van der Waals surface area contributed by atoms with Crippen LogP contribution in [0.5, 0.6) is 0 Å². The fraction of sp³-hybridized carbons (Fsp3) is 0.316. The quantitative estimate of drug-likeness (QED) is 0.811. The lowest BCUT2D eigenvalue weighted by molar-refractivity contribution is -0.122. The van der Waals surface area contributed by atoms with Crippen molar-refractivity contribution >= 4 is 11.6 Å². The fourth-order valence-electron chi connectivity index (χ4n) is 3.06. The van der Waals surface area contributed by atoms with E-state index in [2.05, 4.69) is 12.1 Å². The van der Waals surface area contributed by atoms with Crippen LogP contribution in [0.2, 0.25) is 0 Å². The Bertz CT molecular complexity index is 573.